The standard InChI is InChI=1S/C13H10N2O2/c14-5-13(6-15)7-1-2-8(13)12-10(17)4-3-9(16)11(7)12/h3-4,7-8,16-17H,1-2H2/t7-,8+. The molecule has 0 aromatic heterocycles. The summed E-state index contributed by atoms with van der Waals surface area (Å²) in [5.74, 6) is -0.381. The Balaban J connectivity index is 2.34. The smallest absolute Gasteiger partial charge is 0.157 e. The largest absolute Gasteiger partial charge is 0.508 e. The van der Waals surface area contributed by atoms with E-state index >= 15 is 0 Å². The number of nitrogens with zero attached hydrogens (tertiary/aromatic N) is 2. The lowest BCUT2D eigenvalue weighted by molar-refractivity contribution is 0.440. The van der Waals surface area contributed by atoms with Crippen LogP contribution in [0.15, 0.2) is 12.1 Å². The molecule has 0 saturated heterocycles. The number of benzene rings is 1. The van der Waals surface area contributed by atoms with E-state index in [0.717, 1.165) is 12.8 Å². The molecule has 3 rings (SSSR count). The maximum absolute atomic E-state index is 9.87. The minimum atomic E-state index is -1.11. The molecular weight excluding hydrogens is 216 g/mol. The minimum Gasteiger partial charge on any atom is -0.508 e. The average molecular weight is 226 g/mol. The van der Waals surface area contributed by atoms with Gasteiger partial charge in [0.15, 0.2) is 5.41 Å². The van der Waals surface area contributed by atoms with Gasteiger partial charge in [0.05, 0.1) is 12.1 Å². The van der Waals surface area contributed by atoms with Crippen molar-refractivity contribution in [1.29, 1.82) is 10.5 Å². The quantitative estimate of drug-likeness (QED) is 0.663. The zero-order valence-corrected chi connectivity index (χ0v) is 9.01. The van der Waals surface area contributed by atoms with Gasteiger partial charge in [-0.2, -0.15) is 10.5 Å². The Morgan fingerprint density at radius 2 is 1.41 bits per heavy atom. The van der Waals surface area contributed by atoms with Crippen LogP contribution in [0.3, 0.4) is 0 Å². The van der Waals surface area contributed by atoms with E-state index in [0.29, 0.717) is 11.1 Å². The molecule has 2 aliphatic rings. The van der Waals surface area contributed by atoms with Crippen molar-refractivity contribution in [2.75, 3.05) is 0 Å². The first-order chi connectivity index (χ1) is 8.15. The van der Waals surface area contributed by atoms with Crippen LogP contribution < -0.4 is 0 Å². The molecule has 0 radical (unpaired) electrons. The molecule has 1 saturated carbocycles. The van der Waals surface area contributed by atoms with Gasteiger partial charge in [-0.3, -0.25) is 0 Å². The molecule has 2 atom stereocenters. The third kappa shape index (κ3) is 0.916. The molecule has 2 aliphatic carbocycles. The maximum Gasteiger partial charge on any atom is 0.157 e. The van der Waals surface area contributed by atoms with Crippen LogP contribution in [0.2, 0.25) is 0 Å². The Hall–Kier alpha value is -2.20. The molecule has 1 aromatic rings. The number of fused-ring (bicyclic) bond motifs is 5. The second-order valence-corrected chi connectivity index (χ2v) is 4.71. The van der Waals surface area contributed by atoms with Gasteiger partial charge in [-0.15, -0.1) is 0 Å². The second kappa shape index (κ2) is 2.93. The molecule has 0 heterocycles. The predicted octanol–water partition coefficient (Wildman–Crippen LogP) is 2.11. The molecule has 84 valence electrons. The van der Waals surface area contributed by atoms with Crippen LogP contribution in [0.5, 0.6) is 11.5 Å². The fraction of sp³-hybridized carbons (Fsp3) is 0.385. The molecule has 17 heavy (non-hydrogen) atoms. The second-order valence-electron chi connectivity index (χ2n) is 4.71. The molecule has 0 amide bonds. The molecule has 4 heteroatoms. The van der Waals surface area contributed by atoms with Gasteiger partial charge in [0.25, 0.3) is 0 Å². The van der Waals surface area contributed by atoms with Gasteiger partial charge in [0, 0.05) is 23.0 Å². The summed E-state index contributed by atoms with van der Waals surface area (Å²) in [4.78, 5) is 0. The van der Waals surface area contributed by atoms with E-state index < -0.39 is 5.41 Å². The molecule has 2 N–H and O–H groups in total. The van der Waals surface area contributed by atoms with Crippen LogP contribution >= 0.6 is 0 Å². The van der Waals surface area contributed by atoms with E-state index in [2.05, 4.69) is 12.1 Å². The van der Waals surface area contributed by atoms with Gasteiger partial charge in [0.1, 0.15) is 11.5 Å². The molecule has 0 aliphatic heterocycles. The van der Waals surface area contributed by atoms with Gasteiger partial charge in [-0.1, -0.05) is 0 Å². The van der Waals surface area contributed by atoms with Gasteiger partial charge in [-0.05, 0) is 25.0 Å². The first-order valence-corrected chi connectivity index (χ1v) is 5.53. The lowest BCUT2D eigenvalue weighted by Crippen LogP contribution is -2.19. The van der Waals surface area contributed by atoms with E-state index in [-0.39, 0.29) is 23.3 Å². The van der Waals surface area contributed by atoms with Crippen molar-refractivity contribution in [3.05, 3.63) is 23.3 Å². The molecule has 2 bridgehead atoms. The van der Waals surface area contributed by atoms with E-state index in [1.165, 1.54) is 12.1 Å². The summed E-state index contributed by atoms with van der Waals surface area (Å²) in [5.41, 5.74) is 0.0900. The fourth-order valence-electron chi connectivity index (χ4n) is 3.46. The molecule has 1 fully saturated rings. The maximum atomic E-state index is 9.87. The van der Waals surface area contributed by atoms with E-state index in [4.69, 9.17) is 0 Å². The average Bonchev–Trinajstić information content (AvgIpc) is 2.85. The van der Waals surface area contributed by atoms with Crippen molar-refractivity contribution in [3.8, 4) is 23.6 Å². The Morgan fingerprint density at radius 3 is 1.76 bits per heavy atom. The van der Waals surface area contributed by atoms with E-state index in [1.807, 2.05) is 0 Å². The number of nitriles is 2. The molecule has 0 spiro atoms. The highest BCUT2D eigenvalue weighted by Gasteiger charge is 2.60. The van der Waals surface area contributed by atoms with Crippen LogP contribution in [0, 0.1) is 28.1 Å². The zero-order valence-electron chi connectivity index (χ0n) is 9.01. The SMILES string of the molecule is N#CC1(C#N)[C@@H]2CC[C@H]1c1c(O)ccc(O)c12. The zero-order chi connectivity index (χ0) is 12.2. The summed E-state index contributed by atoms with van der Waals surface area (Å²) in [6.07, 6.45) is 1.44. The third-order valence-electron chi connectivity index (χ3n) is 4.15. The summed E-state index contributed by atoms with van der Waals surface area (Å²) < 4.78 is 0. The monoisotopic (exact) mass is 226 g/mol. The molecule has 0 unspecified atom stereocenters. The third-order valence-corrected chi connectivity index (χ3v) is 4.15. The van der Waals surface area contributed by atoms with Crippen molar-refractivity contribution in [2.45, 2.75) is 24.7 Å². The van der Waals surface area contributed by atoms with E-state index in [9.17, 15) is 20.7 Å². The van der Waals surface area contributed by atoms with Crippen LogP contribution in [0.4, 0.5) is 0 Å². The summed E-state index contributed by atoms with van der Waals surface area (Å²) in [6.45, 7) is 0. The van der Waals surface area contributed by atoms with Crippen LogP contribution in [0.25, 0.3) is 0 Å². The van der Waals surface area contributed by atoms with Crippen molar-refractivity contribution >= 4 is 0 Å². The molecule has 4 nitrogen and oxygen atoms in total. The van der Waals surface area contributed by atoms with Crippen LogP contribution in [0.1, 0.15) is 35.8 Å². The summed E-state index contributed by atoms with van der Waals surface area (Å²) in [6, 6.07) is 7.06. The highest BCUT2D eigenvalue weighted by molar-refractivity contribution is 5.61. The Kier molecular flexibility index (Phi) is 1.72. The molecule has 1 aromatic carbocycles. The highest BCUT2D eigenvalue weighted by Crippen LogP contribution is 2.67. The first-order valence-electron chi connectivity index (χ1n) is 5.53. The molecular formula is C13H10N2O2. The van der Waals surface area contributed by atoms with Gasteiger partial charge in [0.2, 0.25) is 0 Å². The van der Waals surface area contributed by atoms with Gasteiger partial charge >= 0.3 is 0 Å². The Morgan fingerprint density at radius 1 is 1.00 bits per heavy atom. The van der Waals surface area contributed by atoms with Gasteiger partial charge in [-0.25, -0.2) is 0 Å². The van der Waals surface area contributed by atoms with Crippen molar-refractivity contribution < 1.29 is 10.2 Å². The fourth-order valence-corrected chi connectivity index (χ4v) is 3.46. The first kappa shape index (κ1) is 9.99. The lowest BCUT2D eigenvalue weighted by Gasteiger charge is -2.16. The van der Waals surface area contributed by atoms with Crippen molar-refractivity contribution in [1.82, 2.24) is 0 Å². The number of hydrogen-bond donors (Lipinski definition) is 2. The van der Waals surface area contributed by atoms with Gasteiger partial charge < -0.3 is 10.2 Å². The summed E-state index contributed by atoms with van der Waals surface area (Å²) >= 11 is 0. The number of hydrogen-bond acceptors (Lipinski definition) is 4. The van der Waals surface area contributed by atoms with Crippen LogP contribution in [-0.2, 0) is 0 Å². The minimum absolute atomic E-state index is 0.0832. The van der Waals surface area contributed by atoms with Crippen LogP contribution in [-0.4, -0.2) is 10.2 Å². The number of phenols is 2. The van der Waals surface area contributed by atoms with Crippen molar-refractivity contribution in [2.24, 2.45) is 5.41 Å². The Labute approximate surface area is 98.3 Å². The topological polar surface area (TPSA) is 88.0 Å². The summed E-state index contributed by atoms with van der Waals surface area (Å²) in [7, 11) is 0. The number of phenolic OH excluding ortho intramolecular Hbond substituents is 2. The number of aromatic hydroxyl groups is 2. The summed E-state index contributed by atoms with van der Waals surface area (Å²) in [5, 5.41) is 38.4. The highest BCUT2D eigenvalue weighted by atomic mass is 16.3. The van der Waals surface area contributed by atoms with Crippen molar-refractivity contribution in [3.63, 3.8) is 0 Å². The predicted molar refractivity (Wildman–Crippen MR) is 58.1 cm³/mol. The number of rotatable bonds is 0. The Bertz CT molecular complexity index is 542. The lowest BCUT2D eigenvalue weighted by atomic mass is 9.79. The van der Waals surface area contributed by atoms with E-state index in [1.54, 1.807) is 0 Å². The normalized spacial score (nSPS) is 27.2.